The van der Waals surface area contributed by atoms with Gasteiger partial charge < -0.3 is 4.74 Å². The zero-order chi connectivity index (χ0) is 15.2. The van der Waals surface area contributed by atoms with Gasteiger partial charge in [-0.3, -0.25) is 4.79 Å². The summed E-state index contributed by atoms with van der Waals surface area (Å²) in [6.07, 6.45) is 18.1. The molecule has 3 heteroatoms. The molecule has 21 heavy (non-hydrogen) atoms. The summed E-state index contributed by atoms with van der Waals surface area (Å²) in [5.41, 5.74) is 0. The maximum absolute atomic E-state index is 11.9. The number of carbonyl (C=O) groups is 1. The minimum Gasteiger partial charge on any atom is -0.462 e. The maximum atomic E-state index is 11.9. The molecular formula is C18H33BrO2. The molecule has 124 valence electrons. The first-order valence-electron chi connectivity index (χ1n) is 9.08. The van der Waals surface area contributed by atoms with Crippen LogP contribution >= 0.6 is 15.9 Å². The molecule has 0 spiro atoms. The largest absolute Gasteiger partial charge is 0.462 e. The van der Waals surface area contributed by atoms with Crippen molar-refractivity contribution in [3.05, 3.63) is 0 Å². The quantitative estimate of drug-likeness (QED) is 0.322. The van der Waals surface area contributed by atoms with Crippen LogP contribution < -0.4 is 0 Å². The summed E-state index contributed by atoms with van der Waals surface area (Å²) < 4.78 is 5.72. The van der Waals surface area contributed by atoms with Crippen LogP contribution in [0.1, 0.15) is 96.3 Å². The molecule has 1 saturated carbocycles. The lowest BCUT2D eigenvalue weighted by Gasteiger charge is -2.18. The van der Waals surface area contributed by atoms with E-state index in [0.717, 1.165) is 37.4 Å². The molecule has 0 aromatic carbocycles. The smallest absolute Gasteiger partial charge is 0.306 e. The first-order chi connectivity index (χ1) is 10.3. The lowest BCUT2D eigenvalue weighted by Crippen LogP contribution is -2.18. The fraction of sp³-hybridized carbons (Fsp3) is 0.944. The highest BCUT2D eigenvalue weighted by Gasteiger charge is 2.14. The molecule has 1 rings (SSSR count). The van der Waals surface area contributed by atoms with Gasteiger partial charge in [-0.05, 0) is 38.5 Å². The molecule has 1 aliphatic rings. The van der Waals surface area contributed by atoms with Crippen LogP contribution in [0.5, 0.6) is 0 Å². The van der Waals surface area contributed by atoms with E-state index in [1.54, 1.807) is 0 Å². The first-order valence-corrected chi connectivity index (χ1v) is 10.2. The number of alkyl halides is 1. The number of ether oxygens (including phenoxy) is 1. The fourth-order valence-corrected chi connectivity index (χ4v) is 3.43. The Kier molecular flexibility index (Phi) is 12.3. The molecule has 0 radical (unpaired) electrons. The summed E-state index contributed by atoms with van der Waals surface area (Å²) in [6.45, 7) is 0. The van der Waals surface area contributed by atoms with Crippen molar-refractivity contribution in [2.75, 3.05) is 5.33 Å². The van der Waals surface area contributed by atoms with Crippen LogP contribution in [0, 0.1) is 0 Å². The van der Waals surface area contributed by atoms with Crippen LogP contribution in [-0.4, -0.2) is 17.4 Å². The Morgan fingerprint density at radius 3 is 1.86 bits per heavy atom. The van der Waals surface area contributed by atoms with Crippen LogP contribution in [0.25, 0.3) is 0 Å². The van der Waals surface area contributed by atoms with Crippen molar-refractivity contribution in [2.45, 2.75) is 102 Å². The van der Waals surface area contributed by atoms with Crippen LogP contribution in [0.2, 0.25) is 0 Å². The molecule has 1 fully saturated rings. The van der Waals surface area contributed by atoms with Gasteiger partial charge in [-0.25, -0.2) is 0 Å². The number of esters is 1. The van der Waals surface area contributed by atoms with Crippen molar-refractivity contribution in [1.29, 1.82) is 0 Å². The third-order valence-corrected chi connectivity index (χ3v) is 4.93. The number of unbranched alkanes of at least 4 members (excludes halogenated alkanes) is 2. The Morgan fingerprint density at radius 1 is 0.810 bits per heavy atom. The van der Waals surface area contributed by atoms with E-state index in [1.165, 1.54) is 57.8 Å². The van der Waals surface area contributed by atoms with E-state index >= 15 is 0 Å². The van der Waals surface area contributed by atoms with Gasteiger partial charge in [0.2, 0.25) is 0 Å². The second-order valence-electron chi connectivity index (χ2n) is 6.37. The molecule has 0 N–H and O–H groups in total. The van der Waals surface area contributed by atoms with Crippen LogP contribution in [0.4, 0.5) is 0 Å². The molecule has 0 aromatic heterocycles. The number of hydrogen-bond acceptors (Lipinski definition) is 2. The Morgan fingerprint density at radius 2 is 1.33 bits per heavy atom. The Hall–Kier alpha value is -0.0500. The highest BCUT2D eigenvalue weighted by molar-refractivity contribution is 9.09. The SMILES string of the molecule is O=C(CCCCCBr)OC1CCCCCCCCCCC1. The maximum Gasteiger partial charge on any atom is 0.306 e. The summed E-state index contributed by atoms with van der Waals surface area (Å²) >= 11 is 3.42. The predicted octanol–water partition coefficient (Wildman–Crippen LogP) is 6.16. The second-order valence-corrected chi connectivity index (χ2v) is 7.16. The van der Waals surface area contributed by atoms with E-state index in [0.29, 0.717) is 6.42 Å². The van der Waals surface area contributed by atoms with Crippen molar-refractivity contribution < 1.29 is 9.53 Å². The van der Waals surface area contributed by atoms with Gasteiger partial charge in [0.05, 0.1) is 0 Å². The number of halogens is 1. The standard InChI is InChI=1S/C18H33BrO2/c19-16-12-8-11-15-18(20)21-17-13-9-6-4-2-1-3-5-7-10-14-17/h17H,1-16H2. The second kappa shape index (κ2) is 13.6. The minimum atomic E-state index is 0.0293. The third-order valence-electron chi connectivity index (χ3n) is 4.36. The van der Waals surface area contributed by atoms with E-state index in [1.807, 2.05) is 0 Å². The van der Waals surface area contributed by atoms with Crippen molar-refractivity contribution in [3.63, 3.8) is 0 Å². The number of hydrogen-bond donors (Lipinski definition) is 0. The first kappa shape index (κ1) is 19.0. The van der Waals surface area contributed by atoms with Gasteiger partial charge in [0, 0.05) is 11.8 Å². The van der Waals surface area contributed by atoms with Crippen molar-refractivity contribution in [3.8, 4) is 0 Å². The third kappa shape index (κ3) is 11.2. The summed E-state index contributed by atoms with van der Waals surface area (Å²) in [6, 6.07) is 0. The van der Waals surface area contributed by atoms with Gasteiger partial charge in [-0.15, -0.1) is 0 Å². The minimum absolute atomic E-state index is 0.0293. The van der Waals surface area contributed by atoms with Crippen LogP contribution in [0.15, 0.2) is 0 Å². The molecule has 2 nitrogen and oxygen atoms in total. The summed E-state index contributed by atoms with van der Waals surface area (Å²) in [7, 11) is 0. The van der Waals surface area contributed by atoms with Crippen LogP contribution in [0.3, 0.4) is 0 Å². The molecule has 1 aliphatic carbocycles. The summed E-state index contributed by atoms with van der Waals surface area (Å²) in [5.74, 6) is 0.0293. The van der Waals surface area contributed by atoms with E-state index in [2.05, 4.69) is 15.9 Å². The summed E-state index contributed by atoms with van der Waals surface area (Å²) in [5, 5.41) is 1.03. The lowest BCUT2D eigenvalue weighted by atomic mass is 9.99. The Bertz CT molecular complexity index is 244. The topological polar surface area (TPSA) is 26.3 Å². The van der Waals surface area contributed by atoms with E-state index in [9.17, 15) is 4.79 Å². The zero-order valence-electron chi connectivity index (χ0n) is 13.6. The Balaban J connectivity index is 2.22. The van der Waals surface area contributed by atoms with E-state index in [-0.39, 0.29) is 12.1 Å². The van der Waals surface area contributed by atoms with Crippen molar-refractivity contribution in [2.24, 2.45) is 0 Å². The summed E-state index contributed by atoms with van der Waals surface area (Å²) in [4.78, 5) is 11.9. The van der Waals surface area contributed by atoms with Gasteiger partial charge in [0.15, 0.2) is 0 Å². The van der Waals surface area contributed by atoms with Gasteiger partial charge in [-0.1, -0.05) is 67.3 Å². The molecule has 0 unspecified atom stereocenters. The molecule has 0 aromatic rings. The normalized spacial score (nSPS) is 19.5. The molecule has 0 amide bonds. The lowest BCUT2D eigenvalue weighted by molar-refractivity contribution is -0.150. The van der Waals surface area contributed by atoms with Gasteiger partial charge in [-0.2, -0.15) is 0 Å². The molecule has 0 atom stereocenters. The molecule has 0 aliphatic heterocycles. The highest BCUT2D eigenvalue weighted by Crippen LogP contribution is 2.19. The van der Waals surface area contributed by atoms with Gasteiger partial charge in [0.1, 0.15) is 6.10 Å². The predicted molar refractivity (Wildman–Crippen MR) is 92.9 cm³/mol. The molecular weight excluding hydrogens is 328 g/mol. The van der Waals surface area contributed by atoms with Gasteiger partial charge >= 0.3 is 5.97 Å². The van der Waals surface area contributed by atoms with Crippen molar-refractivity contribution in [1.82, 2.24) is 0 Å². The fourth-order valence-electron chi connectivity index (χ4n) is 3.03. The molecule has 0 heterocycles. The van der Waals surface area contributed by atoms with E-state index in [4.69, 9.17) is 4.74 Å². The molecule has 0 bridgehead atoms. The van der Waals surface area contributed by atoms with E-state index < -0.39 is 0 Å². The average Bonchev–Trinajstić information content (AvgIpc) is 2.46. The molecule has 0 saturated heterocycles. The average molecular weight is 361 g/mol. The van der Waals surface area contributed by atoms with Crippen LogP contribution in [-0.2, 0) is 9.53 Å². The number of carbonyl (C=O) groups excluding carboxylic acids is 1. The van der Waals surface area contributed by atoms with Crippen molar-refractivity contribution >= 4 is 21.9 Å². The monoisotopic (exact) mass is 360 g/mol. The Labute approximate surface area is 139 Å². The zero-order valence-corrected chi connectivity index (χ0v) is 15.2. The van der Waals surface area contributed by atoms with Gasteiger partial charge in [0.25, 0.3) is 0 Å². The number of rotatable bonds is 6. The highest BCUT2D eigenvalue weighted by atomic mass is 79.9.